The van der Waals surface area contributed by atoms with Gasteiger partial charge in [-0.25, -0.2) is 4.79 Å². The summed E-state index contributed by atoms with van der Waals surface area (Å²) in [6.07, 6.45) is 2.48. The summed E-state index contributed by atoms with van der Waals surface area (Å²) in [5.41, 5.74) is 4.68. The summed E-state index contributed by atoms with van der Waals surface area (Å²) in [5, 5.41) is 0. The van der Waals surface area contributed by atoms with E-state index in [1.807, 2.05) is 26.8 Å². The molecule has 23 heavy (non-hydrogen) atoms. The van der Waals surface area contributed by atoms with Gasteiger partial charge in [-0.15, -0.1) is 0 Å². The van der Waals surface area contributed by atoms with E-state index in [2.05, 4.69) is 13.8 Å². The highest BCUT2D eigenvalue weighted by Gasteiger charge is 2.38. The van der Waals surface area contributed by atoms with Gasteiger partial charge in [0.15, 0.2) is 0 Å². The standard InChI is InChI=1S/C19H25NO3/c1-11-8-12(2)16-15(11)14(10-21)9-13-6-7-20(17(13)16)18(22)23-19(3,4)5/h9-12H,6-8H2,1-5H3/t11-,12+/m1/s1. The van der Waals surface area contributed by atoms with Crippen molar-refractivity contribution in [3.63, 3.8) is 0 Å². The number of amides is 1. The first-order valence-electron chi connectivity index (χ1n) is 8.38. The van der Waals surface area contributed by atoms with Crippen LogP contribution in [0.2, 0.25) is 0 Å². The summed E-state index contributed by atoms with van der Waals surface area (Å²) in [5.74, 6) is 0.711. The molecule has 0 fully saturated rings. The minimum atomic E-state index is -0.509. The number of ether oxygens (including phenoxy) is 1. The highest BCUT2D eigenvalue weighted by molar-refractivity contribution is 5.94. The van der Waals surface area contributed by atoms with Crippen LogP contribution in [0.4, 0.5) is 10.5 Å². The summed E-state index contributed by atoms with van der Waals surface area (Å²) in [6, 6.07) is 1.97. The monoisotopic (exact) mass is 315 g/mol. The Morgan fingerprint density at radius 1 is 1.26 bits per heavy atom. The molecule has 1 amide bonds. The highest BCUT2D eigenvalue weighted by Crippen LogP contribution is 2.50. The number of anilines is 1. The van der Waals surface area contributed by atoms with Crippen molar-refractivity contribution in [2.24, 2.45) is 0 Å². The zero-order valence-electron chi connectivity index (χ0n) is 14.6. The molecule has 0 unspecified atom stereocenters. The lowest BCUT2D eigenvalue weighted by Gasteiger charge is -2.27. The van der Waals surface area contributed by atoms with Crippen LogP contribution in [0.5, 0.6) is 0 Å². The number of fused-ring (bicyclic) bond motifs is 3. The van der Waals surface area contributed by atoms with Gasteiger partial charge in [0, 0.05) is 12.1 Å². The maximum Gasteiger partial charge on any atom is 0.414 e. The molecule has 1 aromatic carbocycles. The molecule has 0 spiro atoms. The Morgan fingerprint density at radius 3 is 2.52 bits per heavy atom. The van der Waals surface area contributed by atoms with Gasteiger partial charge in [0.25, 0.3) is 0 Å². The van der Waals surface area contributed by atoms with Crippen LogP contribution in [-0.4, -0.2) is 24.5 Å². The van der Waals surface area contributed by atoms with E-state index in [0.29, 0.717) is 18.4 Å². The molecule has 1 aliphatic heterocycles. The smallest absolute Gasteiger partial charge is 0.414 e. The second-order valence-electron chi connectivity index (χ2n) is 7.84. The van der Waals surface area contributed by atoms with E-state index in [1.54, 1.807) is 4.90 Å². The number of hydrogen-bond donors (Lipinski definition) is 0. The van der Waals surface area contributed by atoms with Crippen molar-refractivity contribution in [1.82, 2.24) is 0 Å². The van der Waals surface area contributed by atoms with Gasteiger partial charge in [-0.2, -0.15) is 0 Å². The van der Waals surface area contributed by atoms with Crippen LogP contribution in [0.25, 0.3) is 0 Å². The Morgan fingerprint density at radius 2 is 1.91 bits per heavy atom. The molecule has 2 aliphatic rings. The van der Waals surface area contributed by atoms with Crippen LogP contribution < -0.4 is 4.90 Å². The van der Waals surface area contributed by atoms with Crippen molar-refractivity contribution in [3.05, 3.63) is 28.3 Å². The number of carbonyl (C=O) groups excluding carboxylic acids is 2. The number of aldehydes is 1. The molecule has 1 aliphatic carbocycles. The minimum Gasteiger partial charge on any atom is -0.443 e. The molecule has 0 saturated heterocycles. The fourth-order valence-electron chi connectivity index (χ4n) is 4.06. The zero-order valence-corrected chi connectivity index (χ0v) is 14.6. The molecule has 1 aromatic rings. The van der Waals surface area contributed by atoms with Crippen LogP contribution in [0.15, 0.2) is 6.07 Å². The van der Waals surface area contributed by atoms with E-state index >= 15 is 0 Å². The van der Waals surface area contributed by atoms with Crippen LogP contribution >= 0.6 is 0 Å². The highest BCUT2D eigenvalue weighted by atomic mass is 16.6. The number of carbonyl (C=O) groups is 2. The summed E-state index contributed by atoms with van der Waals surface area (Å²) < 4.78 is 5.57. The van der Waals surface area contributed by atoms with Gasteiger partial charge in [-0.3, -0.25) is 9.69 Å². The third kappa shape index (κ3) is 2.64. The molecular formula is C19H25NO3. The maximum absolute atomic E-state index is 12.6. The average Bonchev–Trinajstić information content (AvgIpc) is 2.97. The van der Waals surface area contributed by atoms with Gasteiger partial charge < -0.3 is 4.74 Å². The fourth-order valence-corrected chi connectivity index (χ4v) is 4.06. The van der Waals surface area contributed by atoms with Crippen molar-refractivity contribution in [1.29, 1.82) is 0 Å². The summed E-state index contributed by atoms with van der Waals surface area (Å²) >= 11 is 0. The second-order valence-corrected chi connectivity index (χ2v) is 7.84. The van der Waals surface area contributed by atoms with E-state index in [-0.39, 0.29) is 6.09 Å². The van der Waals surface area contributed by atoms with Gasteiger partial charge in [-0.1, -0.05) is 13.8 Å². The molecule has 0 aromatic heterocycles. The first kappa shape index (κ1) is 16.0. The van der Waals surface area contributed by atoms with Gasteiger partial charge in [-0.05, 0) is 68.2 Å². The predicted molar refractivity (Wildman–Crippen MR) is 90.6 cm³/mol. The molecule has 2 atom stereocenters. The number of rotatable bonds is 1. The van der Waals surface area contributed by atoms with Crippen molar-refractivity contribution in [2.75, 3.05) is 11.4 Å². The molecule has 1 heterocycles. The molecule has 0 radical (unpaired) electrons. The molecule has 3 rings (SSSR count). The Hall–Kier alpha value is -1.84. The second kappa shape index (κ2) is 5.36. The Balaban J connectivity index is 2.10. The lowest BCUT2D eigenvalue weighted by molar-refractivity contribution is 0.0583. The van der Waals surface area contributed by atoms with Gasteiger partial charge in [0.05, 0.1) is 5.69 Å². The van der Waals surface area contributed by atoms with Crippen LogP contribution in [0.1, 0.15) is 79.9 Å². The third-order valence-electron chi connectivity index (χ3n) is 4.80. The average molecular weight is 315 g/mol. The van der Waals surface area contributed by atoms with E-state index in [9.17, 15) is 9.59 Å². The molecule has 4 heteroatoms. The maximum atomic E-state index is 12.6. The van der Waals surface area contributed by atoms with E-state index in [1.165, 1.54) is 5.56 Å². The quantitative estimate of drug-likeness (QED) is 0.721. The Bertz CT molecular complexity index is 672. The van der Waals surface area contributed by atoms with Crippen LogP contribution in [0.3, 0.4) is 0 Å². The van der Waals surface area contributed by atoms with Gasteiger partial charge >= 0.3 is 6.09 Å². The molecular weight excluding hydrogens is 290 g/mol. The van der Waals surface area contributed by atoms with E-state index in [0.717, 1.165) is 41.5 Å². The van der Waals surface area contributed by atoms with E-state index in [4.69, 9.17) is 4.74 Å². The van der Waals surface area contributed by atoms with Gasteiger partial charge in [0.2, 0.25) is 0 Å². The first-order valence-corrected chi connectivity index (χ1v) is 8.38. The number of benzene rings is 1. The van der Waals surface area contributed by atoms with Gasteiger partial charge in [0.1, 0.15) is 11.9 Å². The van der Waals surface area contributed by atoms with Crippen molar-refractivity contribution >= 4 is 18.1 Å². The van der Waals surface area contributed by atoms with E-state index < -0.39 is 5.60 Å². The minimum absolute atomic E-state index is 0.288. The molecule has 124 valence electrons. The summed E-state index contributed by atoms with van der Waals surface area (Å²) in [6.45, 7) is 10.6. The molecule has 0 saturated carbocycles. The van der Waals surface area contributed by atoms with Crippen molar-refractivity contribution in [2.45, 2.75) is 64.9 Å². The first-order chi connectivity index (χ1) is 10.7. The SMILES string of the molecule is C[C@@H]1C[C@H](C)c2c1c(C=O)cc1c2N(C(=O)OC(C)(C)C)CC1. The molecule has 4 nitrogen and oxygen atoms in total. The fraction of sp³-hybridized carbons (Fsp3) is 0.579. The molecule has 0 N–H and O–H groups in total. The lowest BCUT2D eigenvalue weighted by atomic mass is 9.92. The topological polar surface area (TPSA) is 46.6 Å². The predicted octanol–water partition coefficient (Wildman–Crippen LogP) is 4.41. The Labute approximate surface area is 137 Å². The summed E-state index contributed by atoms with van der Waals surface area (Å²) in [4.78, 5) is 25.9. The summed E-state index contributed by atoms with van der Waals surface area (Å²) in [7, 11) is 0. The Kier molecular flexibility index (Phi) is 3.74. The zero-order chi connectivity index (χ0) is 16.9. The molecule has 0 bridgehead atoms. The third-order valence-corrected chi connectivity index (χ3v) is 4.80. The van der Waals surface area contributed by atoms with Crippen LogP contribution in [-0.2, 0) is 11.2 Å². The number of nitrogens with zero attached hydrogens (tertiary/aromatic N) is 1. The largest absolute Gasteiger partial charge is 0.443 e. The van der Waals surface area contributed by atoms with Crippen molar-refractivity contribution < 1.29 is 14.3 Å². The van der Waals surface area contributed by atoms with Crippen LogP contribution in [0, 0.1) is 0 Å². The normalized spacial score (nSPS) is 22.7. The lowest BCUT2D eigenvalue weighted by Crippen LogP contribution is -2.36. The number of hydrogen-bond acceptors (Lipinski definition) is 3. The van der Waals surface area contributed by atoms with Crippen molar-refractivity contribution in [3.8, 4) is 0 Å².